The van der Waals surface area contributed by atoms with Crippen LogP contribution in [0, 0.1) is 17.2 Å². The molecule has 1 N–H and O–H groups in total. The van der Waals surface area contributed by atoms with Gasteiger partial charge in [-0.2, -0.15) is 5.26 Å². The fourth-order valence-electron chi connectivity index (χ4n) is 2.81. The molecular weight excluding hydrogens is 400 g/mol. The molecule has 0 aromatic heterocycles. The van der Waals surface area contributed by atoms with E-state index >= 15 is 0 Å². The fourth-order valence-corrected chi connectivity index (χ4v) is 3.69. The first kappa shape index (κ1) is 22.0. The van der Waals surface area contributed by atoms with Crippen LogP contribution in [0.3, 0.4) is 0 Å². The van der Waals surface area contributed by atoms with Gasteiger partial charge in [0.15, 0.2) is 0 Å². The molecule has 0 saturated carbocycles. The van der Waals surface area contributed by atoms with Crippen LogP contribution in [-0.4, -0.2) is 50.9 Å². The van der Waals surface area contributed by atoms with E-state index in [2.05, 4.69) is 14.8 Å². The highest BCUT2D eigenvalue weighted by Gasteiger charge is 2.44. The molecule has 0 fully saturated rings. The van der Waals surface area contributed by atoms with Gasteiger partial charge in [0.1, 0.15) is 5.92 Å². The third-order valence-electron chi connectivity index (χ3n) is 4.24. The predicted molar refractivity (Wildman–Crippen MR) is 101 cm³/mol. The van der Waals surface area contributed by atoms with Crippen molar-refractivity contribution in [2.75, 3.05) is 27.1 Å². The largest absolute Gasteiger partial charge is 0.468 e. The van der Waals surface area contributed by atoms with Crippen molar-refractivity contribution in [2.45, 2.75) is 5.92 Å². The van der Waals surface area contributed by atoms with E-state index in [1.807, 2.05) is 6.07 Å². The average molecular weight is 418 g/mol. The second kappa shape index (κ2) is 9.75. The van der Waals surface area contributed by atoms with Crippen molar-refractivity contribution in [2.24, 2.45) is 5.92 Å². The molecule has 0 spiro atoms. The van der Waals surface area contributed by atoms with Crippen LogP contribution in [0.1, 0.15) is 21.8 Å². The number of hydrogen-bond acceptors (Lipinski definition) is 9. The summed E-state index contributed by atoms with van der Waals surface area (Å²) < 4.78 is 14.0. The lowest BCUT2D eigenvalue weighted by Gasteiger charge is -2.30. The van der Waals surface area contributed by atoms with Crippen molar-refractivity contribution in [3.63, 3.8) is 0 Å². The number of amides is 1. The Bertz CT molecular complexity index is 902. The lowest BCUT2D eigenvalue weighted by atomic mass is 9.78. The number of allylic oxidation sites excluding steroid dienone is 1. The van der Waals surface area contributed by atoms with Gasteiger partial charge in [0.25, 0.3) is 0 Å². The van der Waals surface area contributed by atoms with Crippen LogP contribution in [0.5, 0.6) is 0 Å². The number of esters is 3. The summed E-state index contributed by atoms with van der Waals surface area (Å²) >= 11 is 0.922. The molecule has 0 aliphatic carbocycles. The monoisotopic (exact) mass is 418 g/mol. The summed E-state index contributed by atoms with van der Waals surface area (Å²) in [6.45, 7) is 0. The number of thioether (sulfide) groups is 1. The molecule has 0 radical (unpaired) electrons. The van der Waals surface area contributed by atoms with Gasteiger partial charge in [-0.15, -0.1) is 0 Å². The molecule has 1 heterocycles. The molecule has 29 heavy (non-hydrogen) atoms. The van der Waals surface area contributed by atoms with E-state index in [1.165, 1.54) is 38.5 Å². The molecule has 10 heteroatoms. The first-order valence-corrected chi connectivity index (χ1v) is 9.27. The van der Waals surface area contributed by atoms with Crippen molar-refractivity contribution in [1.82, 2.24) is 5.32 Å². The van der Waals surface area contributed by atoms with Crippen molar-refractivity contribution in [3.05, 3.63) is 46.0 Å². The molecule has 1 aliphatic heterocycles. The van der Waals surface area contributed by atoms with Gasteiger partial charge in [-0.25, -0.2) is 4.79 Å². The fraction of sp³-hybridized carbons (Fsp3) is 0.316. The van der Waals surface area contributed by atoms with E-state index in [-0.39, 0.29) is 21.9 Å². The zero-order valence-electron chi connectivity index (χ0n) is 15.9. The average Bonchev–Trinajstić information content (AvgIpc) is 2.75. The normalized spacial score (nSPS) is 18.3. The Morgan fingerprint density at radius 3 is 2.28 bits per heavy atom. The standard InChI is InChI=1S/C19H18N2O7S/c1-26-13(22)9-29-17-12(8-20)14(15(16(23)21-17)19(25)28-3)10-4-6-11(7-5-10)18(24)27-2/h4-7,14-15H,9H2,1-3H3,(H,21,23)/t14-,15-/m1/s1. The van der Waals surface area contributed by atoms with Gasteiger partial charge in [0.05, 0.1) is 49.3 Å². The van der Waals surface area contributed by atoms with Gasteiger partial charge >= 0.3 is 17.9 Å². The van der Waals surface area contributed by atoms with E-state index in [0.29, 0.717) is 5.56 Å². The Hall–Kier alpha value is -3.32. The van der Waals surface area contributed by atoms with E-state index in [9.17, 15) is 24.4 Å². The van der Waals surface area contributed by atoms with Crippen LogP contribution in [0.25, 0.3) is 0 Å². The van der Waals surface area contributed by atoms with Crippen LogP contribution in [-0.2, 0) is 28.6 Å². The number of nitrogens with one attached hydrogen (secondary N) is 1. The molecule has 1 aliphatic rings. The molecule has 0 saturated heterocycles. The van der Waals surface area contributed by atoms with Gasteiger partial charge < -0.3 is 19.5 Å². The summed E-state index contributed by atoms with van der Waals surface area (Å²) in [5, 5.41) is 12.4. The Morgan fingerprint density at radius 2 is 1.76 bits per heavy atom. The maximum atomic E-state index is 12.6. The smallest absolute Gasteiger partial charge is 0.337 e. The third-order valence-corrected chi connectivity index (χ3v) is 5.23. The molecule has 152 valence electrons. The molecule has 2 rings (SSSR count). The van der Waals surface area contributed by atoms with Crippen molar-refractivity contribution in [3.8, 4) is 6.07 Å². The topological polar surface area (TPSA) is 132 Å². The SMILES string of the molecule is COC(=O)CSC1=C(C#N)[C@@H](c2ccc(C(=O)OC)cc2)[C@@H](C(=O)OC)C(=O)N1. The second-order valence-corrected chi connectivity index (χ2v) is 6.79. The Balaban J connectivity index is 2.53. The van der Waals surface area contributed by atoms with Gasteiger partial charge in [0.2, 0.25) is 5.91 Å². The van der Waals surface area contributed by atoms with Crippen molar-refractivity contribution >= 4 is 35.6 Å². The minimum Gasteiger partial charge on any atom is -0.468 e. The number of nitrogens with zero attached hydrogens (tertiary/aromatic N) is 1. The molecule has 0 bridgehead atoms. The van der Waals surface area contributed by atoms with Crippen LogP contribution >= 0.6 is 11.8 Å². The zero-order valence-corrected chi connectivity index (χ0v) is 16.7. The number of nitriles is 1. The van der Waals surface area contributed by atoms with Crippen LogP contribution in [0.15, 0.2) is 34.9 Å². The maximum Gasteiger partial charge on any atom is 0.337 e. The number of ether oxygens (including phenoxy) is 3. The van der Waals surface area contributed by atoms with Crippen LogP contribution in [0.4, 0.5) is 0 Å². The number of carbonyl (C=O) groups is 4. The minimum absolute atomic E-state index is 0.0970. The summed E-state index contributed by atoms with van der Waals surface area (Å²) in [6.07, 6.45) is 0. The second-order valence-electron chi connectivity index (χ2n) is 5.80. The predicted octanol–water partition coefficient (Wildman–Crippen LogP) is 1.12. The number of carbonyl (C=O) groups excluding carboxylic acids is 4. The summed E-state index contributed by atoms with van der Waals surface area (Å²) in [5.74, 6) is -4.95. The van der Waals surface area contributed by atoms with Gasteiger partial charge in [-0.1, -0.05) is 23.9 Å². The van der Waals surface area contributed by atoms with Gasteiger partial charge in [-0.05, 0) is 17.7 Å². The Kier molecular flexibility index (Phi) is 7.39. The maximum absolute atomic E-state index is 12.6. The lowest BCUT2D eigenvalue weighted by Crippen LogP contribution is -2.44. The van der Waals surface area contributed by atoms with E-state index in [0.717, 1.165) is 18.9 Å². The highest BCUT2D eigenvalue weighted by Crippen LogP contribution is 2.40. The third kappa shape index (κ3) is 4.75. The van der Waals surface area contributed by atoms with E-state index in [4.69, 9.17) is 4.74 Å². The van der Waals surface area contributed by atoms with Crippen molar-refractivity contribution < 1.29 is 33.4 Å². The molecule has 1 amide bonds. The highest BCUT2D eigenvalue weighted by atomic mass is 32.2. The Labute approximate surface area is 171 Å². The summed E-state index contributed by atoms with van der Waals surface area (Å²) in [4.78, 5) is 48.0. The molecule has 9 nitrogen and oxygen atoms in total. The molecule has 1 aromatic carbocycles. The minimum atomic E-state index is -1.30. The number of hydrogen-bond donors (Lipinski definition) is 1. The van der Waals surface area contributed by atoms with Crippen molar-refractivity contribution in [1.29, 1.82) is 5.26 Å². The van der Waals surface area contributed by atoms with Crippen LogP contribution in [0.2, 0.25) is 0 Å². The highest BCUT2D eigenvalue weighted by molar-refractivity contribution is 8.03. The summed E-state index contributed by atoms with van der Waals surface area (Å²) in [6, 6.07) is 8.02. The first-order valence-electron chi connectivity index (χ1n) is 8.28. The van der Waals surface area contributed by atoms with E-state index in [1.54, 1.807) is 0 Å². The number of benzene rings is 1. The quantitative estimate of drug-likeness (QED) is 0.410. The number of methoxy groups -OCH3 is 3. The molecule has 1 aromatic rings. The van der Waals surface area contributed by atoms with Gasteiger partial charge in [-0.3, -0.25) is 14.4 Å². The molecular formula is C19H18N2O7S. The Morgan fingerprint density at radius 1 is 1.10 bits per heavy atom. The summed E-state index contributed by atoms with van der Waals surface area (Å²) in [5.41, 5.74) is 0.823. The lowest BCUT2D eigenvalue weighted by molar-refractivity contribution is -0.150. The van der Waals surface area contributed by atoms with Crippen LogP contribution < -0.4 is 5.32 Å². The molecule has 0 unspecified atom stereocenters. The summed E-state index contributed by atoms with van der Waals surface area (Å²) in [7, 11) is 3.61. The first-order chi connectivity index (χ1) is 13.9. The zero-order chi connectivity index (χ0) is 21.6. The number of rotatable bonds is 6. The van der Waals surface area contributed by atoms with E-state index < -0.39 is 35.7 Å². The van der Waals surface area contributed by atoms with Gasteiger partial charge in [0, 0.05) is 5.92 Å². The molecule has 2 atom stereocenters.